The van der Waals surface area contributed by atoms with Gasteiger partial charge < -0.3 is 5.32 Å². The van der Waals surface area contributed by atoms with Crippen LogP contribution in [0.1, 0.15) is 12.8 Å². The van der Waals surface area contributed by atoms with Gasteiger partial charge in [0.25, 0.3) is 0 Å². The summed E-state index contributed by atoms with van der Waals surface area (Å²) in [5.41, 5.74) is 0. The van der Waals surface area contributed by atoms with Gasteiger partial charge in [0.2, 0.25) is 5.91 Å². The monoisotopic (exact) mass is 154 g/mol. The van der Waals surface area contributed by atoms with Crippen LogP contribution in [0.5, 0.6) is 0 Å². The zero-order chi connectivity index (χ0) is 7.68. The van der Waals surface area contributed by atoms with Gasteiger partial charge in [-0.25, -0.2) is 0 Å². The summed E-state index contributed by atoms with van der Waals surface area (Å²) in [6.07, 6.45) is 2.53. The van der Waals surface area contributed by atoms with E-state index in [0.29, 0.717) is 6.54 Å². The number of nitrogens with one attached hydrogen (secondary N) is 1. The lowest BCUT2D eigenvalue weighted by Gasteiger charge is -2.34. The molecule has 1 amide bonds. The number of fused-ring (bicyclic) bond motifs is 5. The Balaban J connectivity index is 2.02. The van der Waals surface area contributed by atoms with Crippen LogP contribution in [0.25, 0.3) is 0 Å². The van der Waals surface area contributed by atoms with Crippen LogP contribution in [-0.4, -0.2) is 37.0 Å². The first kappa shape index (κ1) is 7.10. The van der Waals surface area contributed by atoms with E-state index in [0.717, 1.165) is 25.6 Å². The second-order valence-electron chi connectivity index (χ2n) is 3.52. The minimum Gasteiger partial charge on any atom is -0.355 e. The Morgan fingerprint density at radius 1 is 1.36 bits per heavy atom. The molecule has 0 saturated carbocycles. The average Bonchev–Trinajstić information content (AvgIpc) is 1.98. The molecule has 62 valence electrons. The molecule has 1 N–H and O–H groups in total. The third-order valence-corrected chi connectivity index (χ3v) is 2.66. The Morgan fingerprint density at radius 3 is 2.82 bits per heavy atom. The summed E-state index contributed by atoms with van der Waals surface area (Å²) in [6.45, 7) is 3.77. The Labute approximate surface area is 66.8 Å². The van der Waals surface area contributed by atoms with E-state index in [9.17, 15) is 4.79 Å². The van der Waals surface area contributed by atoms with E-state index in [2.05, 4.69) is 10.2 Å². The first-order valence-electron chi connectivity index (χ1n) is 4.33. The van der Waals surface area contributed by atoms with Gasteiger partial charge in [-0.05, 0) is 31.8 Å². The lowest BCUT2D eigenvalue weighted by Crippen LogP contribution is -2.48. The molecule has 3 heterocycles. The molecule has 3 aliphatic rings. The van der Waals surface area contributed by atoms with Crippen molar-refractivity contribution in [2.24, 2.45) is 5.92 Å². The van der Waals surface area contributed by atoms with Gasteiger partial charge in [0.15, 0.2) is 0 Å². The smallest absolute Gasteiger partial charge is 0.234 e. The fourth-order valence-corrected chi connectivity index (χ4v) is 1.87. The van der Waals surface area contributed by atoms with E-state index in [1.165, 1.54) is 12.8 Å². The van der Waals surface area contributed by atoms with Gasteiger partial charge in [-0.15, -0.1) is 0 Å². The highest BCUT2D eigenvalue weighted by Gasteiger charge is 2.23. The number of carbonyl (C=O) groups is 1. The van der Waals surface area contributed by atoms with Gasteiger partial charge in [0.05, 0.1) is 6.54 Å². The number of hydrogen-bond donors (Lipinski definition) is 1. The van der Waals surface area contributed by atoms with Crippen molar-refractivity contribution >= 4 is 5.91 Å². The molecule has 11 heavy (non-hydrogen) atoms. The first-order valence-corrected chi connectivity index (χ1v) is 4.33. The molecular formula is C8H14N2O. The van der Waals surface area contributed by atoms with Gasteiger partial charge in [-0.1, -0.05) is 0 Å². The first-order chi connectivity index (χ1) is 5.34. The van der Waals surface area contributed by atoms with E-state index < -0.39 is 0 Å². The standard InChI is InChI=1S/C8H14N2O/c11-8-6-10-3-1-7(2-4-10)5-9-8/h7H,1-6H2,(H,9,11). The lowest BCUT2D eigenvalue weighted by molar-refractivity contribution is -0.124. The van der Waals surface area contributed by atoms with Gasteiger partial charge >= 0.3 is 0 Å². The summed E-state index contributed by atoms with van der Waals surface area (Å²) in [4.78, 5) is 13.3. The third-order valence-electron chi connectivity index (χ3n) is 2.66. The summed E-state index contributed by atoms with van der Waals surface area (Å²) in [5, 5.41) is 2.94. The van der Waals surface area contributed by atoms with E-state index >= 15 is 0 Å². The fraction of sp³-hybridized carbons (Fsp3) is 0.875. The molecule has 3 aliphatic heterocycles. The molecule has 0 aromatic heterocycles. The summed E-state index contributed by atoms with van der Waals surface area (Å²) in [7, 11) is 0. The molecule has 0 radical (unpaired) electrons. The van der Waals surface area contributed by atoms with Crippen LogP contribution in [0, 0.1) is 5.92 Å². The second kappa shape index (κ2) is 2.81. The van der Waals surface area contributed by atoms with Crippen LogP contribution < -0.4 is 5.32 Å². The predicted octanol–water partition coefficient (Wildman–Crippen LogP) is -0.172. The van der Waals surface area contributed by atoms with E-state index in [1.54, 1.807) is 0 Å². The zero-order valence-corrected chi connectivity index (χ0v) is 6.68. The quantitative estimate of drug-likeness (QED) is 0.525. The molecular weight excluding hydrogens is 140 g/mol. The van der Waals surface area contributed by atoms with Crippen molar-refractivity contribution in [2.45, 2.75) is 12.8 Å². The molecule has 0 aromatic carbocycles. The number of piperidine rings is 1. The highest BCUT2D eigenvalue weighted by Crippen LogP contribution is 2.17. The molecule has 3 rings (SSSR count). The van der Waals surface area contributed by atoms with Gasteiger partial charge in [-0.3, -0.25) is 9.69 Å². The molecule has 2 bridgehead atoms. The fourth-order valence-electron chi connectivity index (χ4n) is 1.87. The van der Waals surface area contributed by atoms with E-state index in [4.69, 9.17) is 0 Å². The summed E-state index contributed by atoms with van der Waals surface area (Å²) in [5.74, 6) is 0.949. The molecule has 0 aromatic rings. The van der Waals surface area contributed by atoms with Gasteiger partial charge in [0, 0.05) is 6.54 Å². The normalized spacial score (nSPS) is 37.6. The Hall–Kier alpha value is -0.570. The van der Waals surface area contributed by atoms with Crippen LogP contribution in [0.2, 0.25) is 0 Å². The molecule has 3 nitrogen and oxygen atoms in total. The van der Waals surface area contributed by atoms with Crippen LogP contribution in [0.3, 0.4) is 0 Å². The minimum absolute atomic E-state index is 0.203. The zero-order valence-electron chi connectivity index (χ0n) is 6.68. The Kier molecular flexibility index (Phi) is 1.82. The number of nitrogens with zero attached hydrogens (tertiary/aromatic N) is 1. The summed E-state index contributed by atoms with van der Waals surface area (Å²) in [6, 6.07) is 0. The number of carbonyl (C=O) groups excluding carboxylic acids is 1. The van der Waals surface area contributed by atoms with Crippen LogP contribution in [0.4, 0.5) is 0 Å². The molecule has 3 saturated heterocycles. The summed E-state index contributed by atoms with van der Waals surface area (Å²) < 4.78 is 0. The van der Waals surface area contributed by atoms with Crippen LogP contribution >= 0.6 is 0 Å². The van der Waals surface area contributed by atoms with Crippen molar-refractivity contribution in [1.82, 2.24) is 10.2 Å². The molecule has 0 unspecified atom stereocenters. The number of amides is 1. The molecule has 0 aliphatic carbocycles. The van der Waals surface area contributed by atoms with Crippen molar-refractivity contribution in [3.05, 3.63) is 0 Å². The minimum atomic E-state index is 0.203. The largest absolute Gasteiger partial charge is 0.355 e. The SMILES string of the molecule is O=C1CN2CCC(CC2)CN1. The Bertz CT molecular complexity index is 161. The average molecular weight is 154 g/mol. The summed E-state index contributed by atoms with van der Waals surface area (Å²) >= 11 is 0. The molecule has 3 heteroatoms. The van der Waals surface area contributed by atoms with Crippen LogP contribution in [-0.2, 0) is 4.79 Å². The van der Waals surface area contributed by atoms with Crippen LogP contribution in [0.15, 0.2) is 0 Å². The topological polar surface area (TPSA) is 32.3 Å². The van der Waals surface area contributed by atoms with Crippen molar-refractivity contribution in [3.63, 3.8) is 0 Å². The Morgan fingerprint density at radius 2 is 2.09 bits per heavy atom. The molecule has 0 atom stereocenters. The van der Waals surface area contributed by atoms with E-state index in [1.807, 2.05) is 0 Å². The number of hydrogen-bond acceptors (Lipinski definition) is 2. The van der Waals surface area contributed by atoms with Gasteiger partial charge in [-0.2, -0.15) is 0 Å². The second-order valence-corrected chi connectivity index (χ2v) is 3.52. The molecule has 3 fully saturated rings. The maximum atomic E-state index is 11.1. The van der Waals surface area contributed by atoms with E-state index in [-0.39, 0.29) is 5.91 Å². The van der Waals surface area contributed by atoms with Crippen molar-refractivity contribution < 1.29 is 4.79 Å². The number of rotatable bonds is 0. The van der Waals surface area contributed by atoms with Crippen molar-refractivity contribution in [2.75, 3.05) is 26.2 Å². The maximum Gasteiger partial charge on any atom is 0.234 e. The van der Waals surface area contributed by atoms with Gasteiger partial charge in [0.1, 0.15) is 0 Å². The molecule has 0 spiro atoms. The third kappa shape index (κ3) is 1.53. The lowest BCUT2D eigenvalue weighted by atomic mass is 9.96. The highest BCUT2D eigenvalue weighted by molar-refractivity contribution is 5.78. The van der Waals surface area contributed by atoms with Crippen molar-refractivity contribution in [1.29, 1.82) is 0 Å². The highest BCUT2D eigenvalue weighted by atomic mass is 16.2. The predicted molar refractivity (Wildman–Crippen MR) is 42.2 cm³/mol. The maximum absolute atomic E-state index is 11.1. The van der Waals surface area contributed by atoms with Crippen molar-refractivity contribution in [3.8, 4) is 0 Å².